The van der Waals surface area contributed by atoms with Gasteiger partial charge in [-0.05, 0) is 67.8 Å². The first-order valence-corrected chi connectivity index (χ1v) is 13.5. The zero-order chi connectivity index (χ0) is 27.0. The van der Waals surface area contributed by atoms with E-state index in [9.17, 15) is 18.0 Å². The zero-order valence-electron chi connectivity index (χ0n) is 21.4. The number of anilines is 1. The average molecular weight is 538 g/mol. The van der Waals surface area contributed by atoms with Gasteiger partial charge in [0.05, 0.1) is 5.69 Å². The molecule has 2 atom stereocenters. The van der Waals surface area contributed by atoms with E-state index in [0.29, 0.717) is 33.5 Å². The van der Waals surface area contributed by atoms with Crippen LogP contribution in [0, 0.1) is 34.6 Å². The molecule has 0 aliphatic carbocycles. The maximum Gasteiger partial charge on any atom is 0.302 e. The summed E-state index contributed by atoms with van der Waals surface area (Å²) in [6.45, 7) is 9.76. The molecule has 10 nitrogen and oxygen atoms in total. The van der Waals surface area contributed by atoms with E-state index < -0.39 is 31.9 Å². The minimum atomic E-state index is -4.33. The zero-order valence-corrected chi connectivity index (χ0v) is 23.0. The van der Waals surface area contributed by atoms with Crippen LogP contribution in [0.25, 0.3) is 0 Å². The van der Waals surface area contributed by atoms with Crippen molar-refractivity contribution in [1.29, 1.82) is 0 Å². The van der Waals surface area contributed by atoms with E-state index in [2.05, 4.69) is 5.16 Å². The minimum absolute atomic E-state index is 0.00548. The normalized spacial score (nSPS) is 19.5. The number of ether oxygens (including phenoxy) is 2. The molecule has 0 saturated carbocycles. The fraction of sp³-hybridized carbons (Fsp3) is 0.458. The summed E-state index contributed by atoms with van der Waals surface area (Å²) in [5.74, 6) is -1.26. The first kappa shape index (κ1) is 27.8. The average Bonchev–Trinajstić information content (AvgIpc) is 3.37. The molecule has 2 aromatic rings. The number of carbonyl (C=O) groups excluding carboxylic acids is 2. The Kier molecular flexibility index (Phi) is 7.92. The topological polar surface area (TPSA) is 142 Å². The Morgan fingerprint density at radius 2 is 1.86 bits per heavy atom. The number of sulfonamides is 1. The molecule has 1 aromatic carbocycles. The number of hydrogen-bond donors (Lipinski definition) is 1. The summed E-state index contributed by atoms with van der Waals surface area (Å²) in [6.07, 6.45) is 1.45. The van der Waals surface area contributed by atoms with Gasteiger partial charge in [-0.15, -0.1) is 11.8 Å². The number of thioether (sulfide) groups is 1. The number of esters is 1. The standard InChI is InChI=1S/C24H31N3O7S2/c1-13-10-14(2)21(16(4)19(13)11-33-18(6)28)24(23(25)29)20(8-9-35-24)36(30,31)27(12-32-7)22-15(3)17(5)26-34-22/h8-10,20H,11-12H2,1-7H3,(H2,25,29). The summed E-state index contributed by atoms with van der Waals surface area (Å²) in [7, 11) is -2.97. The highest BCUT2D eigenvalue weighted by molar-refractivity contribution is 8.05. The Labute approximate surface area is 215 Å². The van der Waals surface area contributed by atoms with Gasteiger partial charge in [0, 0.05) is 19.6 Å². The third kappa shape index (κ3) is 4.53. The third-order valence-electron chi connectivity index (χ3n) is 6.43. The molecule has 0 spiro atoms. The number of rotatable bonds is 9. The lowest BCUT2D eigenvalue weighted by molar-refractivity contribution is -0.142. The van der Waals surface area contributed by atoms with Gasteiger partial charge < -0.3 is 19.7 Å². The van der Waals surface area contributed by atoms with Crippen molar-refractivity contribution in [2.45, 2.75) is 58.1 Å². The molecule has 0 radical (unpaired) electrons. The van der Waals surface area contributed by atoms with Gasteiger partial charge in [-0.3, -0.25) is 9.59 Å². The van der Waals surface area contributed by atoms with Crippen molar-refractivity contribution in [2.24, 2.45) is 5.73 Å². The third-order valence-corrected chi connectivity index (χ3v) is 9.94. The number of primary amides is 1. The lowest BCUT2D eigenvalue weighted by Crippen LogP contribution is -2.53. The fourth-order valence-corrected chi connectivity index (χ4v) is 8.28. The Morgan fingerprint density at radius 3 is 2.39 bits per heavy atom. The lowest BCUT2D eigenvalue weighted by Gasteiger charge is -2.37. The molecule has 36 heavy (non-hydrogen) atoms. The molecule has 3 rings (SSSR count). The quantitative estimate of drug-likeness (QED) is 0.377. The number of amides is 1. The van der Waals surface area contributed by atoms with Crippen LogP contribution >= 0.6 is 11.8 Å². The second-order valence-corrected chi connectivity index (χ2v) is 11.9. The Hall–Kier alpha value is -2.83. The summed E-state index contributed by atoms with van der Waals surface area (Å²) in [6, 6.07) is 1.84. The number of aryl methyl sites for hydroxylation is 3. The van der Waals surface area contributed by atoms with E-state index in [0.717, 1.165) is 21.6 Å². The molecule has 1 amide bonds. The maximum atomic E-state index is 14.2. The number of aromatic nitrogens is 1. The van der Waals surface area contributed by atoms with Crippen LogP contribution in [0.15, 0.2) is 22.1 Å². The van der Waals surface area contributed by atoms with Gasteiger partial charge in [0.1, 0.15) is 23.3 Å². The van der Waals surface area contributed by atoms with E-state index in [-0.39, 0.29) is 19.2 Å². The summed E-state index contributed by atoms with van der Waals surface area (Å²) < 4.78 is 43.4. The fourth-order valence-electron chi connectivity index (χ4n) is 4.58. The molecule has 1 aromatic heterocycles. The summed E-state index contributed by atoms with van der Waals surface area (Å²) in [5.41, 5.74) is 10.4. The monoisotopic (exact) mass is 537 g/mol. The van der Waals surface area contributed by atoms with Crippen molar-refractivity contribution in [3.63, 3.8) is 0 Å². The van der Waals surface area contributed by atoms with Gasteiger partial charge in [0.15, 0.2) is 0 Å². The van der Waals surface area contributed by atoms with Crippen molar-refractivity contribution >= 4 is 39.5 Å². The smallest absolute Gasteiger partial charge is 0.302 e. The van der Waals surface area contributed by atoms with Crippen molar-refractivity contribution in [1.82, 2.24) is 5.16 Å². The van der Waals surface area contributed by atoms with Crippen LogP contribution in [0.5, 0.6) is 0 Å². The lowest BCUT2D eigenvalue weighted by atomic mass is 9.83. The number of nitrogens with two attached hydrogens (primary N) is 1. The van der Waals surface area contributed by atoms with Crippen LogP contribution in [0.3, 0.4) is 0 Å². The molecule has 12 heteroatoms. The van der Waals surface area contributed by atoms with E-state index in [1.54, 1.807) is 33.1 Å². The molecule has 1 aliphatic rings. The molecule has 0 bridgehead atoms. The van der Waals surface area contributed by atoms with E-state index in [1.165, 1.54) is 20.1 Å². The maximum absolute atomic E-state index is 14.2. The minimum Gasteiger partial charge on any atom is -0.461 e. The Balaban J connectivity index is 2.26. The molecule has 1 aliphatic heterocycles. The second-order valence-electron chi connectivity index (χ2n) is 8.75. The van der Waals surface area contributed by atoms with Crippen LogP contribution in [-0.2, 0) is 40.4 Å². The summed E-state index contributed by atoms with van der Waals surface area (Å²) >= 11 is 1.04. The molecule has 2 N–H and O–H groups in total. The van der Waals surface area contributed by atoms with Gasteiger partial charge >= 0.3 is 5.97 Å². The van der Waals surface area contributed by atoms with Gasteiger partial charge in [0.2, 0.25) is 21.8 Å². The molecule has 2 heterocycles. The largest absolute Gasteiger partial charge is 0.461 e. The first-order chi connectivity index (χ1) is 16.8. The SMILES string of the molecule is COCN(c1onc(C)c1C)S(=O)(=O)C1C=CSC1(C(N)=O)c1c(C)cc(C)c(COC(C)=O)c1C. The van der Waals surface area contributed by atoms with Crippen molar-refractivity contribution < 1.29 is 32.0 Å². The molecular weight excluding hydrogens is 506 g/mol. The van der Waals surface area contributed by atoms with E-state index in [4.69, 9.17) is 19.7 Å². The molecule has 0 fully saturated rings. The predicted molar refractivity (Wildman–Crippen MR) is 137 cm³/mol. The molecular formula is C24H31N3O7S2. The van der Waals surface area contributed by atoms with Gasteiger partial charge in [-0.1, -0.05) is 17.3 Å². The van der Waals surface area contributed by atoms with Crippen LogP contribution in [0.4, 0.5) is 5.88 Å². The van der Waals surface area contributed by atoms with Gasteiger partial charge in [-0.25, -0.2) is 12.7 Å². The molecule has 0 saturated heterocycles. The number of hydrogen-bond acceptors (Lipinski definition) is 9. The highest BCUT2D eigenvalue weighted by atomic mass is 32.2. The van der Waals surface area contributed by atoms with E-state index >= 15 is 0 Å². The summed E-state index contributed by atoms with van der Waals surface area (Å²) in [5, 5.41) is 4.07. The van der Waals surface area contributed by atoms with E-state index in [1.807, 2.05) is 13.0 Å². The van der Waals surface area contributed by atoms with Gasteiger partial charge in [0.25, 0.3) is 0 Å². The number of carbonyl (C=O) groups is 2. The molecule has 196 valence electrons. The van der Waals surface area contributed by atoms with Crippen LogP contribution in [-0.4, -0.2) is 44.5 Å². The highest BCUT2D eigenvalue weighted by Crippen LogP contribution is 2.52. The number of nitrogens with zero attached hydrogens (tertiary/aromatic N) is 2. The first-order valence-electron chi connectivity index (χ1n) is 11.1. The summed E-state index contributed by atoms with van der Waals surface area (Å²) in [4.78, 5) is 24.7. The second kappa shape index (κ2) is 10.3. The predicted octanol–water partition coefficient (Wildman–Crippen LogP) is 3.03. The van der Waals surface area contributed by atoms with Crippen LogP contribution in [0.2, 0.25) is 0 Å². The van der Waals surface area contributed by atoms with Crippen molar-refractivity contribution in [3.8, 4) is 0 Å². The van der Waals surface area contributed by atoms with Crippen LogP contribution in [0.1, 0.15) is 46.0 Å². The number of benzene rings is 1. The van der Waals surface area contributed by atoms with Crippen molar-refractivity contribution in [2.75, 3.05) is 18.1 Å². The Morgan fingerprint density at radius 1 is 1.19 bits per heavy atom. The van der Waals surface area contributed by atoms with Crippen LogP contribution < -0.4 is 10.0 Å². The molecule has 2 unspecified atom stereocenters. The van der Waals surface area contributed by atoms with Gasteiger partial charge in [-0.2, -0.15) is 0 Å². The number of methoxy groups -OCH3 is 1. The van der Waals surface area contributed by atoms with Crippen molar-refractivity contribution in [3.05, 3.63) is 56.6 Å². The highest BCUT2D eigenvalue weighted by Gasteiger charge is 2.57. The Bertz CT molecular complexity index is 1330.